The number of hydrogen-bond acceptors (Lipinski definition) is 4. The van der Waals surface area contributed by atoms with Crippen molar-refractivity contribution in [2.24, 2.45) is 0 Å². The molecule has 0 saturated carbocycles. The highest BCUT2D eigenvalue weighted by molar-refractivity contribution is 7.14. The SMILES string of the molecule is O=C(Nc1ccc(-c2csc(N3CCCCC3)n2)cc1)c1cc(C(F)(F)F)cc(C(F)(F)F)c1. The third kappa shape index (κ3) is 5.52. The zero-order chi connectivity index (χ0) is 24.5. The Balaban J connectivity index is 1.51. The van der Waals surface area contributed by atoms with Gasteiger partial charge in [-0.15, -0.1) is 11.3 Å². The van der Waals surface area contributed by atoms with Crippen molar-refractivity contribution in [2.45, 2.75) is 31.6 Å². The zero-order valence-corrected chi connectivity index (χ0v) is 18.4. The van der Waals surface area contributed by atoms with Gasteiger partial charge in [-0.1, -0.05) is 12.1 Å². The van der Waals surface area contributed by atoms with E-state index in [-0.39, 0.29) is 11.8 Å². The summed E-state index contributed by atoms with van der Waals surface area (Å²) in [4.78, 5) is 19.3. The van der Waals surface area contributed by atoms with Gasteiger partial charge in [-0.3, -0.25) is 4.79 Å². The fraction of sp³-hybridized carbons (Fsp3) is 0.304. The Morgan fingerprint density at radius 2 is 1.47 bits per heavy atom. The number of anilines is 2. The molecule has 11 heteroatoms. The van der Waals surface area contributed by atoms with Crippen LogP contribution in [0.3, 0.4) is 0 Å². The summed E-state index contributed by atoms with van der Waals surface area (Å²) < 4.78 is 78.3. The molecule has 0 aliphatic carbocycles. The predicted molar refractivity (Wildman–Crippen MR) is 118 cm³/mol. The summed E-state index contributed by atoms with van der Waals surface area (Å²) in [6.45, 7) is 1.92. The van der Waals surface area contributed by atoms with Crippen LogP contribution in [0.1, 0.15) is 40.7 Å². The van der Waals surface area contributed by atoms with Crippen molar-refractivity contribution in [1.82, 2.24) is 4.98 Å². The largest absolute Gasteiger partial charge is 0.416 e. The van der Waals surface area contributed by atoms with E-state index in [9.17, 15) is 31.1 Å². The molecule has 1 N–H and O–H groups in total. The molecule has 1 fully saturated rings. The number of benzene rings is 2. The van der Waals surface area contributed by atoms with Gasteiger partial charge in [0.25, 0.3) is 5.91 Å². The fourth-order valence-electron chi connectivity index (χ4n) is 3.64. The lowest BCUT2D eigenvalue weighted by atomic mass is 10.0. The maximum Gasteiger partial charge on any atom is 0.416 e. The van der Waals surface area contributed by atoms with Gasteiger partial charge >= 0.3 is 12.4 Å². The van der Waals surface area contributed by atoms with Gasteiger partial charge in [-0.2, -0.15) is 26.3 Å². The highest BCUT2D eigenvalue weighted by Gasteiger charge is 2.37. The molecule has 1 saturated heterocycles. The quantitative estimate of drug-likeness (QED) is 0.390. The molecule has 2 aromatic carbocycles. The summed E-state index contributed by atoms with van der Waals surface area (Å²) in [6, 6.07) is 7.18. The van der Waals surface area contributed by atoms with Crippen LogP contribution in [-0.4, -0.2) is 24.0 Å². The van der Waals surface area contributed by atoms with E-state index in [1.54, 1.807) is 12.1 Å². The first-order valence-corrected chi connectivity index (χ1v) is 11.3. The minimum absolute atomic E-state index is 0.0163. The molecular formula is C23H19F6N3OS. The standard InChI is InChI=1S/C23H19F6N3OS/c24-22(25,26)16-10-15(11-17(12-16)23(27,28)29)20(33)30-18-6-4-14(5-7-18)19-13-34-21(31-19)32-8-2-1-3-9-32/h4-7,10-13H,1-3,8-9H2,(H,30,33). The smallest absolute Gasteiger partial charge is 0.348 e. The van der Waals surface area contributed by atoms with Crippen molar-refractivity contribution >= 4 is 28.1 Å². The van der Waals surface area contributed by atoms with E-state index in [0.717, 1.165) is 42.3 Å². The van der Waals surface area contributed by atoms with E-state index in [2.05, 4.69) is 15.2 Å². The van der Waals surface area contributed by atoms with Crippen LogP contribution < -0.4 is 10.2 Å². The van der Waals surface area contributed by atoms with Crippen LogP contribution in [0.25, 0.3) is 11.3 Å². The first kappa shape index (κ1) is 24.1. The molecule has 3 aromatic rings. The van der Waals surface area contributed by atoms with Crippen molar-refractivity contribution in [1.29, 1.82) is 0 Å². The summed E-state index contributed by atoms with van der Waals surface area (Å²) in [5, 5.41) is 5.19. The Morgan fingerprint density at radius 1 is 0.882 bits per heavy atom. The molecule has 0 radical (unpaired) electrons. The topological polar surface area (TPSA) is 45.2 Å². The first-order valence-electron chi connectivity index (χ1n) is 10.4. The van der Waals surface area contributed by atoms with Gasteiger partial charge in [0.1, 0.15) is 0 Å². The number of aromatic nitrogens is 1. The number of alkyl halides is 6. The highest BCUT2D eigenvalue weighted by Crippen LogP contribution is 2.36. The first-order chi connectivity index (χ1) is 16.0. The predicted octanol–water partition coefficient (Wildman–Crippen LogP) is 7.09. The lowest BCUT2D eigenvalue weighted by Crippen LogP contribution is -2.29. The average Bonchev–Trinajstić information content (AvgIpc) is 3.29. The Morgan fingerprint density at radius 3 is 2.03 bits per heavy atom. The van der Waals surface area contributed by atoms with Crippen LogP contribution in [-0.2, 0) is 12.4 Å². The Bertz CT molecular complexity index is 1130. The highest BCUT2D eigenvalue weighted by atomic mass is 32.1. The lowest BCUT2D eigenvalue weighted by molar-refractivity contribution is -0.143. The summed E-state index contributed by atoms with van der Waals surface area (Å²) in [7, 11) is 0. The number of amides is 1. The summed E-state index contributed by atoms with van der Waals surface area (Å²) in [5.74, 6) is -1.08. The van der Waals surface area contributed by atoms with Crippen molar-refractivity contribution < 1.29 is 31.1 Å². The van der Waals surface area contributed by atoms with Gasteiger partial charge in [-0.05, 0) is 49.6 Å². The fourth-order valence-corrected chi connectivity index (χ4v) is 4.53. The van der Waals surface area contributed by atoms with Crippen LogP contribution in [0.15, 0.2) is 47.8 Å². The third-order valence-electron chi connectivity index (χ3n) is 5.41. The number of carbonyl (C=O) groups excluding carboxylic acids is 1. The molecular weight excluding hydrogens is 480 g/mol. The lowest BCUT2D eigenvalue weighted by Gasteiger charge is -2.25. The van der Waals surface area contributed by atoms with Gasteiger partial charge < -0.3 is 10.2 Å². The van der Waals surface area contributed by atoms with Gasteiger partial charge in [0.15, 0.2) is 5.13 Å². The average molecular weight is 499 g/mol. The molecule has 0 bridgehead atoms. The van der Waals surface area contributed by atoms with Crippen LogP contribution in [0.2, 0.25) is 0 Å². The summed E-state index contributed by atoms with van der Waals surface area (Å²) in [6.07, 6.45) is -6.60. The van der Waals surface area contributed by atoms with Gasteiger partial charge in [0, 0.05) is 35.3 Å². The van der Waals surface area contributed by atoms with Crippen molar-refractivity contribution in [3.05, 3.63) is 64.5 Å². The number of halogens is 6. The Labute approximate surface area is 195 Å². The van der Waals surface area contributed by atoms with Crippen LogP contribution in [0, 0.1) is 0 Å². The van der Waals surface area contributed by atoms with Gasteiger partial charge in [-0.25, -0.2) is 4.98 Å². The van der Waals surface area contributed by atoms with Gasteiger partial charge in [0.05, 0.1) is 16.8 Å². The minimum Gasteiger partial charge on any atom is -0.348 e. The molecule has 1 aliphatic heterocycles. The molecule has 34 heavy (non-hydrogen) atoms. The van der Waals surface area contributed by atoms with Crippen LogP contribution in [0.4, 0.5) is 37.2 Å². The number of hydrogen-bond donors (Lipinski definition) is 1. The van der Waals surface area contributed by atoms with E-state index in [1.165, 1.54) is 29.9 Å². The number of rotatable bonds is 4. The zero-order valence-electron chi connectivity index (χ0n) is 17.6. The molecule has 4 rings (SSSR count). The molecule has 0 atom stereocenters. The Hall–Kier alpha value is -3.08. The van der Waals surface area contributed by atoms with E-state index in [0.29, 0.717) is 12.1 Å². The number of thiazole rings is 1. The second kappa shape index (κ2) is 9.28. The molecule has 0 unspecified atom stereocenters. The molecule has 180 valence electrons. The van der Waals surface area contributed by atoms with Crippen molar-refractivity contribution in [3.63, 3.8) is 0 Å². The van der Waals surface area contributed by atoms with Gasteiger partial charge in [0.2, 0.25) is 0 Å². The summed E-state index contributed by atoms with van der Waals surface area (Å²) in [5.41, 5.74) is -2.08. The maximum atomic E-state index is 13.0. The monoisotopic (exact) mass is 499 g/mol. The molecule has 4 nitrogen and oxygen atoms in total. The van der Waals surface area contributed by atoms with Crippen molar-refractivity contribution in [2.75, 3.05) is 23.3 Å². The normalized spacial score (nSPS) is 14.8. The Kier molecular flexibility index (Phi) is 6.57. The second-order valence-corrected chi connectivity index (χ2v) is 8.73. The number of piperidine rings is 1. The number of nitrogens with one attached hydrogen (secondary N) is 1. The molecule has 2 heterocycles. The molecule has 0 spiro atoms. The maximum absolute atomic E-state index is 13.0. The third-order valence-corrected chi connectivity index (χ3v) is 6.31. The summed E-state index contributed by atoms with van der Waals surface area (Å²) >= 11 is 1.53. The van der Waals surface area contributed by atoms with E-state index in [4.69, 9.17) is 0 Å². The van der Waals surface area contributed by atoms with E-state index < -0.39 is 35.0 Å². The van der Waals surface area contributed by atoms with Crippen LogP contribution in [0.5, 0.6) is 0 Å². The molecule has 1 aliphatic rings. The number of nitrogens with zero attached hydrogens (tertiary/aromatic N) is 2. The van der Waals surface area contributed by atoms with E-state index >= 15 is 0 Å². The molecule has 1 aromatic heterocycles. The molecule has 1 amide bonds. The van der Waals surface area contributed by atoms with Crippen molar-refractivity contribution in [3.8, 4) is 11.3 Å². The van der Waals surface area contributed by atoms with E-state index in [1.807, 2.05) is 5.38 Å². The number of carbonyl (C=O) groups is 1. The second-order valence-electron chi connectivity index (χ2n) is 7.89. The minimum atomic E-state index is -5.03. The van der Waals surface area contributed by atoms with Crippen LogP contribution >= 0.6 is 11.3 Å².